The zero-order valence-corrected chi connectivity index (χ0v) is 15.8. The van der Waals surface area contributed by atoms with Crippen LogP contribution in [0.15, 0.2) is 102 Å². The number of nitrogens with one attached hydrogen (secondary N) is 1. The molecule has 0 fully saturated rings. The Bertz CT molecular complexity index is 1250. The number of hydrogen-bond acceptors (Lipinski definition) is 6. The van der Waals surface area contributed by atoms with Crippen LogP contribution in [0.25, 0.3) is 10.8 Å². The molecule has 0 bridgehead atoms. The van der Waals surface area contributed by atoms with Gasteiger partial charge in [0.15, 0.2) is 5.84 Å². The molecule has 1 N–H and O–H groups in total. The van der Waals surface area contributed by atoms with Gasteiger partial charge in [-0.15, -0.1) is 5.10 Å². The van der Waals surface area contributed by atoms with Crippen molar-refractivity contribution in [1.82, 2.24) is 5.43 Å². The van der Waals surface area contributed by atoms with Gasteiger partial charge in [0.1, 0.15) is 0 Å². The van der Waals surface area contributed by atoms with Crippen LogP contribution in [0.5, 0.6) is 0 Å². The number of hydrazone groups is 1. The minimum absolute atomic E-state index is 0.0369. The van der Waals surface area contributed by atoms with Crippen LogP contribution >= 0.6 is 0 Å². The second kappa shape index (κ2) is 7.21. The summed E-state index contributed by atoms with van der Waals surface area (Å²) >= 11 is 0. The van der Waals surface area contributed by atoms with Gasteiger partial charge in [-0.3, -0.25) is 15.5 Å². The fourth-order valence-electron chi connectivity index (χ4n) is 3.46. The first-order valence-corrected chi connectivity index (χ1v) is 9.44. The molecule has 5 rings (SSSR count). The lowest BCUT2D eigenvalue weighted by atomic mass is 10.1. The second-order valence-corrected chi connectivity index (χ2v) is 6.80. The van der Waals surface area contributed by atoms with Crippen LogP contribution in [0.2, 0.25) is 0 Å². The number of nitro benzene ring substituents is 1. The molecule has 0 saturated heterocycles. The van der Waals surface area contributed by atoms with Gasteiger partial charge in [0.2, 0.25) is 0 Å². The maximum Gasteiger partial charge on any atom is 0.269 e. The second-order valence-electron chi connectivity index (χ2n) is 6.80. The van der Waals surface area contributed by atoms with Gasteiger partial charge < -0.3 is 0 Å². The van der Waals surface area contributed by atoms with Crippen molar-refractivity contribution in [3.63, 3.8) is 0 Å². The van der Waals surface area contributed by atoms with E-state index in [1.165, 1.54) is 12.1 Å². The monoisotopic (exact) mass is 395 g/mol. The Balaban J connectivity index is 1.62. The highest BCUT2D eigenvalue weighted by Crippen LogP contribution is 2.32. The smallest absolute Gasteiger partial charge is 0.259 e. The number of amidine groups is 1. The van der Waals surface area contributed by atoms with Crippen molar-refractivity contribution in [1.29, 1.82) is 0 Å². The largest absolute Gasteiger partial charge is 0.269 e. The van der Waals surface area contributed by atoms with Crippen molar-refractivity contribution in [2.24, 2.45) is 5.10 Å². The van der Waals surface area contributed by atoms with E-state index in [1.54, 1.807) is 17.3 Å². The van der Waals surface area contributed by atoms with E-state index in [4.69, 9.17) is 5.10 Å². The van der Waals surface area contributed by atoms with Crippen LogP contribution in [0.1, 0.15) is 5.56 Å². The summed E-state index contributed by atoms with van der Waals surface area (Å²) in [6.45, 7) is 0. The SMILES string of the molecule is O=[N+]([O-])c1ccc(N2N=C(c3ccccc3)NN2c2cccc3ccccc23)cc1. The standard InChI is InChI=1S/C23H17N5O2/c29-28(30)20-15-13-19(14-16-20)26-24-23(18-8-2-1-3-9-18)25-27(26)22-12-6-10-17-7-4-5-11-21(17)22/h1-16H,(H,24,25). The number of hydrogen-bond donors (Lipinski definition) is 1. The molecule has 0 radical (unpaired) electrons. The normalized spacial score (nSPS) is 13.3. The highest BCUT2D eigenvalue weighted by molar-refractivity contribution is 6.04. The number of nitro groups is 1. The van der Waals surface area contributed by atoms with Crippen LogP contribution in [-0.4, -0.2) is 10.8 Å². The topological polar surface area (TPSA) is 74.0 Å². The molecule has 1 aliphatic rings. The molecule has 4 aromatic rings. The van der Waals surface area contributed by atoms with Crippen molar-refractivity contribution in [3.8, 4) is 0 Å². The van der Waals surface area contributed by atoms with Crippen LogP contribution in [0.3, 0.4) is 0 Å². The molecule has 30 heavy (non-hydrogen) atoms. The van der Waals surface area contributed by atoms with Crippen molar-refractivity contribution < 1.29 is 4.92 Å². The lowest BCUT2D eigenvalue weighted by Crippen LogP contribution is -2.44. The van der Waals surface area contributed by atoms with Crippen molar-refractivity contribution in [3.05, 3.63) is 113 Å². The van der Waals surface area contributed by atoms with Gasteiger partial charge in [0.05, 0.1) is 16.3 Å². The number of hydrazine groups is 2. The van der Waals surface area contributed by atoms with E-state index in [0.717, 1.165) is 22.0 Å². The van der Waals surface area contributed by atoms with Crippen molar-refractivity contribution >= 4 is 33.7 Å². The molecule has 0 aliphatic carbocycles. The summed E-state index contributed by atoms with van der Waals surface area (Å²) in [7, 11) is 0. The molecule has 0 aromatic heterocycles. The van der Waals surface area contributed by atoms with Crippen LogP contribution < -0.4 is 15.7 Å². The molecule has 7 nitrogen and oxygen atoms in total. The van der Waals surface area contributed by atoms with Crippen LogP contribution in [-0.2, 0) is 0 Å². The molecule has 4 aromatic carbocycles. The molecule has 1 heterocycles. The lowest BCUT2D eigenvalue weighted by Gasteiger charge is -2.28. The van der Waals surface area contributed by atoms with Gasteiger partial charge in [-0.05, 0) is 23.6 Å². The Morgan fingerprint density at radius 2 is 1.50 bits per heavy atom. The number of nitrogens with zero attached hydrogens (tertiary/aromatic N) is 4. The maximum atomic E-state index is 11.0. The first kappa shape index (κ1) is 17.7. The molecule has 0 unspecified atom stereocenters. The molecule has 7 heteroatoms. The van der Waals surface area contributed by atoms with Gasteiger partial charge in [-0.2, -0.15) is 10.2 Å². The number of non-ortho nitro benzene ring substituents is 1. The van der Waals surface area contributed by atoms with E-state index in [2.05, 4.69) is 23.6 Å². The van der Waals surface area contributed by atoms with E-state index in [9.17, 15) is 10.1 Å². The van der Waals surface area contributed by atoms with Crippen LogP contribution in [0.4, 0.5) is 17.1 Å². The predicted molar refractivity (Wildman–Crippen MR) is 118 cm³/mol. The van der Waals surface area contributed by atoms with E-state index in [1.807, 2.05) is 59.7 Å². The predicted octanol–water partition coefficient (Wildman–Crippen LogP) is 4.86. The number of anilines is 2. The highest BCUT2D eigenvalue weighted by atomic mass is 16.6. The summed E-state index contributed by atoms with van der Waals surface area (Å²) in [6, 6.07) is 30.3. The maximum absolute atomic E-state index is 11.0. The molecule has 0 spiro atoms. The third-order valence-corrected chi connectivity index (χ3v) is 4.93. The number of benzene rings is 4. The van der Waals surface area contributed by atoms with Gasteiger partial charge in [-0.1, -0.05) is 66.7 Å². The first-order chi connectivity index (χ1) is 14.7. The zero-order valence-electron chi connectivity index (χ0n) is 15.8. The molecular formula is C23H17N5O2. The Morgan fingerprint density at radius 3 is 2.27 bits per heavy atom. The number of fused-ring (bicyclic) bond motifs is 1. The van der Waals surface area contributed by atoms with E-state index >= 15 is 0 Å². The minimum Gasteiger partial charge on any atom is -0.259 e. The molecule has 0 amide bonds. The van der Waals surface area contributed by atoms with Gasteiger partial charge >= 0.3 is 0 Å². The van der Waals surface area contributed by atoms with Gasteiger partial charge in [0, 0.05) is 23.1 Å². The average Bonchev–Trinajstić information content (AvgIpc) is 3.24. The van der Waals surface area contributed by atoms with Crippen LogP contribution in [0, 0.1) is 10.1 Å². The molecule has 0 saturated carbocycles. The average molecular weight is 395 g/mol. The molecular weight excluding hydrogens is 378 g/mol. The Kier molecular flexibility index (Phi) is 4.25. The highest BCUT2D eigenvalue weighted by Gasteiger charge is 2.27. The van der Waals surface area contributed by atoms with E-state index in [-0.39, 0.29) is 5.69 Å². The fourth-order valence-corrected chi connectivity index (χ4v) is 3.46. The summed E-state index contributed by atoms with van der Waals surface area (Å²) in [4.78, 5) is 10.6. The first-order valence-electron chi connectivity index (χ1n) is 9.44. The lowest BCUT2D eigenvalue weighted by molar-refractivity contribution is -0.384. The molecule has 146 valence electrons. The van der Waals surface area contributed by atoms with E-state index in [0.29, 0.717) is 11.5 Å². The third-order valence-electron chi connectivity index (χ3n) is 4.93. The van der Waals surface area contributed by atoms with Gasteiger partial charge in [0.25, 0.3) is 5.69 Å². The quantitative estimate of drug-likeness (QED) is 0.395. The summed E-state index contributed by atoms with van der Waals surface area (Å²) in [5.41, 5.74) is 5.97. The van der Waals surface area contributed by atoms with Gasteiger partial charge in [-0.25, -0.2) is 0 Å². The Labute approximate surface area is 172 Å². The Morgan fingerprint density at radius 1 is 0.800 bits per heavy atom. The zero-order chi connectivity index (χ0) is 20.5. The summed E-state index contributed by atoms with van der Waals surface area (Å²) in [6.07, 6.45) is 0. The molecule has 1 aliphatic heterocycles. The summed E-state index contributed by atoms with van der Waals surface area (Å²) in [5.74, 6) is 0.682. The minimum atomic E-state index is -0.410. The third kappa shape index (κ3) is 3.08. The summed E-state index contributed by atoms with van der Waals surface area (Å²) < 4.78 is 0. The molecule has 0 atom stereocenters. The summed E-state index contributed by atoms with van der Waals surface area (Å²) in [5, 5.41) is 21.5. The van der Waals surface area contributed by atoms with Crippen molar-refractivity contribution in [2.45, 2.75) is 0 Å². The fraction of sp³-hybridized carbons (Fsp3) is 0. The van der Waals surface area contributed by atoms with E-state index < -0.39 is 4.92 Å². The van der Waals surface area contributed by atoms with Crippen molar-refractivity contribution in [2.75, 3.05) is 10.2 Å². The Hall–Kier alpha value is -4.39. The number of rotatable bonds is 4.